The van der Waals surface area contributed by atoms with Gasteiger partial charge in [-0.25, -0.2) is 0 Å². The molecule has 0 bridgehead atoms. The number of hydrogen-bond donors (Lipinski definition) is 4. The van der Waals surface area contributed by atoms with E-state index in [1.54, 1.807) is 18.2 Å². The van der Waals surface area contributed by atoms with Crippen LogP contribution in [0, 0.1) is 0 Å². The quantitative estimate of drug-likeness (QED) is 0.243. The van der Waals surface area contributed by atoms with E-state index in [9.17, 15) is 24.0 Å². The molecule has 1 saturated heterocycles. The Labute approximate surface area is 206 Å². The van der Waals surface area contributed by atoms with E-state index in [2.05, 4.69) is 36.6 Å². The van der Waals surface area contributed by atoms with Gasteiger partial charge in [0.2, 0.25) is 17.7 Å². The van der Waals surface area contributed by atoms with Gasteiger partial charge in [-0.2, -0.15) is 5.21 Å². The number of hydrogen-bond acceptors (Lipinski definition) is 9. The van der Waals surface area contributed by atoms with Gasteiger partial charge in [0.05, 0.1) is 17.7 Å². The summed E-state index contributed by atoms with van der Waals surface area (Å²) in [5.41, 5.74) is 1.07. The maximum atomic E-state index is 13.1. The van der Waals surface area contributed by atoms with Crippen LogP contribution in [0.1, 0.15) is 77.9 Å². The topological polar surface area (TPSA) is 179 Å². The van der Waals surface area contributed by atoms with E-state index >= 15 is 0 Å². The molecule has 5 amide bonds. The molecule has 1 aromatic carbocycles. The Morgan fingerprint density at radius 1 is 1.06 bits per heavy atom. The van der Waals surface area contributed by atoms with Crippen molar-refractivity contribution in [2.45, 2.75) is 64.0 Å². The summed E-state index contributed by atoms with van der Waals surface area (Å²) in [4.78, 5) is 62.4. The summed E-state index contributed by atoms with van der Waals surface area (Å²) < 4.78 is 0. The smallest absolute Gasteiger partial charge is 0.264 e. The number of rotatable bonds is 12. The van der Waals surface area contributed by atoms with E-state index in [-0.39, 0.29) is 36.4 Å². The van der Waals surface area contributed by atoms with E-state index < -0.39 is 29.7 Å². The van der Waals surface area contributed by atoms with Crippen LogP contribution in [-0.2, 0) is 20.9 Å². The molecule has 1 fully saturated rings. The molecular weight excluding hydrogens is 468 g/mol. The molecule has 36 heavy (non-hydrogen) atoms. The van der Waals surface area contributed by atoms with Crippen LogP contribution in [0.25, 0.3) is 0 Å². The Morgan fingerprint density at radius 2 is 1.86 bits per heavy atom. The number of fused-ring (bicyclic) bond motifs is 1. The molecule has 4 N–H and O–H groups in total. The predicted molar refractivity (Wildman–Crippen MR) is 125 cm³/mol. The van der Waals surface area contributed by atoms with Crippen molar-refractivity contribution in [2.24, 2.45) is 0 Å². The third kappa shape index (κ3) is 5.73. The first-order chi connectivity index (χ1) is 17.5. The molecule has 13 nitrogen and oxygen atoms in total. The van der Waals surface area contributed by atoms with Crippen LogP contribution in [-0.4, -0.2) is 67.6 Å². The van der Waals surface area contributed by atoms with Gasteiger partial charge >= 0.3 is 0 Å². The van der Waals surface area contributed by atoms with Crippen molar-refractivity contribution in [2.75, 3.05) is 11.9 Å². The summed E-state index contributed by atoms with van der Waals surface area (Å²) in [6.45, 7) is 0.866. The highest BCUT2D eigenvalue weighted by molar-refractivity contribution is 6.25. The highest BCUT2D eigenvalue weighted by Gasteiger charge is 2.45. The van der Waals surface area contributed by atoms with Crippen molar-refractivity contribution in [3.63, 3.8) is 0 Å². The van der Waals surface area contributed by atoms with Crippen molar-refractivity contribution < 1.29 is 24.0 Å². The molecule has 2 aliphatic rings. The van der Waals surface area contributed by atoms with Crippen molar-refractivity contribution in [3.05, 3.63) is 35.2 Å². The molecule has 1 atom stereocenters. The van der Waals surface area contributed by atoms with Gasteiger partial charge in [0.25, 0.3) is 11.8 Å². The number of carbonyl (C=O) groups excluding carboxylic acids is 5. The number of imide groups is 2. The van der Waals surface area contributed by atoms with Crippen LogP contribution < -0.4 is 16.0 Å². The summed E-state index contributed by atoms with van der Waals surface area (Å²) >= 11 is 0. The highest BCUT2D eigenvalue weighted by atomic mass is 16.2. The van der Waals surface area contributed by atoms with Gasteiger partial charge in [-0.3, -0.25) is 34.2 Å². The van der Waals surface area contributed by atoms with E-state index in [1.165, 1.54) is 0 Å². The number of aromatic nitrogens is 4. The molecular formula is C23H28N8O5. The van der Waals surface area contributed by atoms with Gasteiger partial charge < -0.3 is 10.6 Å². The maximum absolute atomic E-state index is 13.1. The van der Waals surface area contributed by atoms with Gasteiger partial charge in [-0.1, -0.05) is 30.5 Å². The fourth-order valence-electron chi connectivity index (χ4n) is 4.35. The first-order valence-electron chi connectivity index (χ1n) is 12.0. The second-order valence-electron chi connectivity index (χ2n) is 8.72. The molecule has 2 aromatic rings. The number of amides is 5. The molecule has 0 spiro atoms. The Kier molecular flexibility index (Phi) is 7.98. The van der Waals surface area contributed by atoms with Crippen LogP contribution in [0.2, 0.25) is 0 Å². The molecule has 13 heteroatoms. The molecule has 1 unspecified atom stereocenters. The van der Waals surface area contributed by atoms with Gasteiger partial charge in [0.1, 0.15) is 6.04 Å². The number of H-pyrrole nitrogens is 1. The van der Waals surface area contributed by atoms with Crippen LogP contribution in [0.4, 0.5) is 5.69 Å². The first-order valence-corrected chi connectivity index (χ1v) is 12.0. The Balaban J connectivity index is 1.18. The normalized spacial score (nSPS) is 17.2. The second-order valence-corrected chi connectivity index (χ2v) is 8.72. The zero-order valence-electron chi connectivity index (χ0n) is 19.7. The van der Waals surface area contributed by atoms with E-state index in [1.807, 2.05) is 0 Å². The van der Waals surface area contributed by atoms with Gasteiger partial charge in [0.15, 0.2) is 5.82 Å². The SMILES string of the molecule is O=C(CCCCCCCNc1cccc2c1C(=O)N(C1CCC(=O)NC1=O)C2=O)NCc1nn[nH]n1. The zero-order chi connectivity index (χ0) is 25.5. The van der Waals surface area contributed by atoms with Crippen LogP contribution in [0.15, 0.2) is 18.2 Å². The number of carbonyl (C=O) groups is 5. The number of nitrogens with zero attached hydrogens (tertiary/aromatic N) is 4. The lowest BCUT2D eigenvalue weighted by Gasteiger charge is -2.27. The zero-order valence-corrected chi connectivity index (χ0v) is 19.7. The standard InChI is InChI=1S/C23H28N8O5/c32-18(25-13-17-27-29-30-28-17)9-4-2-1-3-5-12-24-15-8-6-7-14-20(15)23(36)31(22(14)35)16-10-11-19(33)26-21(16)34/h6-8,16,24H,1-5,9-13H2,(H,25,32)(H,26,33,34)(H,27,28,29,30). The summed E-state index contributed by atoms with van der Waals surface area (Å²) in [6.07, 6.45) is 5.11. The molecule has 0 aliphatic carbocycles. The number of aromatic amines is 1. The average Bonchev–Trinajstić information content (AvgIpc) is 3.47. The Bertz CT molecular complexity index is 1150. The summed E-state index contributed by atoms with van der Waals surface area (Å²) in [6, 6.07) is 4.03. The van der Waals surface area contributed by atoms with Crippen molar-refractivity contribution in [1.82, 2.24) is 36.2 Å². The molecule has 1 aromatic heterocycles. The van der Waals surface area contributed by atoms with Crippen molar-refractivity contribution >= 4 is 35.2 Å². The van der Waals surface area contributed by atoms with E-state index in [4.69, 9.17) is 0 Å². The van der Waals surface area contributed by atoms with Crippen LogP contribution >= 0.6 is 0 Å². The molecule has 190 valence electrons. The average molecular weight is 497 g/mol. The van der Waals surface area contributed by atoms with Crippen molar-refractivity contribution in [3.8, 4) is 0 Å². The third-order valence-electron chi connectivity index (χ3n) is 6.20. The van der Waals surface area contributed by atoms with Crippen LogP contribution in [0.3, 0.4) is 0 Å². The lowest BCUT2D eigenvalue weighted by Crippen LogP contribution is -2.54. The van der Waals surface area contributed by atoms with E-state index in [0.29, 0.717) is 24.5 Å². The number of tetrazole rings is 1. The number of anilines is 1. The highest BCUT2D eigenvalue weighted by Crippen LogP contribution is 2.32. The minimum absolute atomic E-state index is 0.0510. The minimum Gasteiger partial charge on any atom is -0.384 e. The molecule has 0 saturated carbocycles. The minimum atomic E-state index is -0.982. The van der Waals surface area contributed by atoms with Crippen molar-refractivity contribution in [1.29, 1.82) is 0 Å². The number of nitrogens with one attached hydrogen (secondary N) is 4. The summed E-state index contributed by atoms with van der Waals surface area (Å²) in [5, 5.41) is 21.5. The summed E-state index contributed by atoms with van der Waals surface area (Å²) in [7, 11) is 0. The predicted octanol–water partition coefficient (Wildman–Crippen LogP) is 0.670. The van der Waals surface area contributed by atoms with Crippen LogP contribution in [0.5, 0.6) is 0 Å². The fourth-order valence-corrected chi connectivity index (χ4v) is 4.35. The first kappa shape index (κ1) is 24.9. The largest absolute Gasteiger partial charge is 0.384 e. The van der Waals surface area contributed by atoms with Gasteiger partial charge in [-0.15, -0.1) is 10.2 Å². The molecule has 2 aliphatic heterocycles. The Hall–Kier alpha value is -4.16. The lowest BCUT2D eigenvalue weighted by molar-refractivity contribution is -0.136. The van der Waals surface area contributed by atoms with E-state index in [0.717, 1.165) is 37.0 Å². The Morgan fingerprint density at radius 3 is 2.64 bits per heavy atom. The third-order valence-corrected chi connectivity index (χ3v) is 6.20. The fraction of sp³-hybridized carbons (Fsp3) is 0.478. The monoisotopic (exact) mass is 496 g/mol. The lowest BCUT2D eigenvalue weighted by atomic mass is 10.0. The van der Waals surface area contributed by atoms with Gasteiger partial charge in [0, 0.05) is 25.1 Å². The summed E-state index contributed by atoms with van der Waals surface area (Å²) in [5.74, 6) is -1.68. The number of unbranched alkanes of at least 4 members (excludes halogenated alkanes) is 4. The number of benzene rings is 1. The number of piperidine rings is 1. The van der Waals surface area contributed by atoms with Gasteiger partial charge in [-0.05, 0) is 31.4 Å². The maximum Gasteiger partial charge on any atom is 0.264 e. The molecule has 0 radical (unpaired) electrons. The second kappa shape index (κ2) is 11.5. The molecule has 4 rings (SSSR count). The molecule has 3 heterocycles.